The number of allylic oxidation sites excluding steroid dienone is 1. The topological polar surface area (TPSA) is 20.2 Å². The largest absolute Gasteiger partial charge is 0.392 e. The van der Waals surface area contributed by atoms with Gasteiger partial charge in [0.25, 0.3) is 0 Å². The summed E-state index contributed by atoms with van der Waals surface area (Å²) in [6, 6.07) is 13.6. The molecule has 0 aromatic heterocycles. The molecule has 0 heterocycles. The van der Waals surface area contributed by atoms with E-state index in [0.29, 0.717) is 10.0 Å². The van der Waals surface area contributed by atoms with Crippen molar-refractivity contribution in [1.29, 1.82) is 0 Å². The molecule has 19 heavy (non-hydrogen) atoms. The van der Waals surface area contributed by atoms with Gasteiger partial charge in [-0.15, -0.1) is 0 Å². The van der Waals surface area contributed by atoms with Crippen molar-refractivity contribution in [1.82, 2.24) is 0 Å². The molecule has 2 aromatic carbocycles. The molecule has 0 atom stereocenters. The minimum atomic E-state index is 0.0531. The van der Waals surface area contributed by atoms with Gasteiger partial charge in [-0.25, -0.2) is 0 Å². The van der Waals surface area contributed by atoms with Gasteiger partial charge < -0.3 is 5.11 Å². The predicted molar refractivity (Wildman–Crippen MR) is 82.6 cm³/mol. The molecule has 0 aliphatic heterocycles. The van der Waals surface area contributed by atoms with Crippen molar-refractivity contribution in [3.05, 3.63) is 64.1 Å². The highest BCUT2D eigenvalue weighted by Gasteiger charge is 2.02. The van der Waals surface area contributed by atoms with Crippen LogP contribution < -0.4 is 0 Å². The fourth-order valence-corrected chi connectivity index (χ4v) is 2.43. The van der Waals surface area contributed by atoms with E-state index in [-0.39, 0.29) is 6.61 Å². The Labute approximate surface area is 123 Å². The average molecular weight is 293 g/mol. The summed E-state index contributed by atoms with van der Waals surface area (Å²) in [5.41, 5.74) is 4.20. The fraction of sp³-hybridized carbons (Fsp3) is 0.125. The van der Waals surface area contributed by atoms with Crippen LogP contribution in [0, 0.1) is 0 Å². The maximum Gasteiger partial charge on any atom is 0.0618 e. The molecule has 0 saturated heterocycles. The molecule has 0 saturated carbocycles. The maximum atomic E-state index is 8.89. The second-order valence-electron chi connectivity index (χ2n) is 4.31. The van der Waals surface area contributed by atoms with Gasteiger partial charge in [-0.3, -0.25) is 0 Å². The summed E-state index contributed by atoms with van der Waals surface area (Å²) in [4.78, 5) is 0. The maximum absolute atomic E-state index is 8.89. The van der Waals surface area contributed by atoms with Gasteiger partial charge in [0, 0.05) is 10.0 Å². The lowest BCUT2D eigenvalue weighted by Crippen LogP contribution is -1.84. The molecule has 1 N–H and O–H groups in total. The zero-order valence-corrected chi connectivity index (χ0v) is 12.0. The van der Waals surface area contributed by atoms with Crippen LogP contribution in [0.5, 0.6) is 0 Å². The monoisotopic (exact) mass is 292 g/mol. The highest BCUT2D eigenvalue weighted by molar-refractivity contribution is 6.35. The van der Waals surface area contributed by atoms with E-state index in [4.69, 9.17) is 28.3 Å². The predicted octanol–water partition coefficient (Wildman–Crippen LogP) is 5.06. The van der Waals surface area contributed by atoms with Crippen molar-refractivity contribution < 1.29 is 5.11 Å². The number of benzene rings is 2. The van der Waals surface area contributed by atoms with E-state index in [1.807, 2.05) is 43.3 Å². The lowest BCUT2D eigenvalue weighted by atomic mass is 10.0. The number of aliphatic hydroxyl groups excluding tert-OH is 1. The van der Waals surface area contributed by atoms with Crippen molar-refractivity contribution in [2.24, 2.45) is 0 Å². The van der Waals surface area contributed by atoms with Crippen molar-refractivity contribution >= 4 is 28.8 Å². The molecular formula is C16H14Cl2O. The van der Waals surface area contributed by atoms with Gasteiger partial charge >= 0.3 is 0 Å². The lowest BCUT2D eigenvalue weighted by Gasteiger charge is -2.06. The average Bonchev–Trinajstić information content (AvgIpc) is 2.38. The van der Waals surface area contributed by atoms with Gasteiger partial charge in [0.15, 0.2) is 0 Å². The van der Waals surface area contributed by atoms with E-state index in [2.05, 4.69) is 0 Å². The van der Waals surface area contributed by atoms with Crippen molar-refractivity contribution in [3.63, 3.8) is 0 Å². The van der Waals surface area contributed by atoms with Crippen molar-refractivity contribution in [2.45, 2.75) is 6.92 Å². The van der Waals surface area contributed by atoms with Crippen LogP contribution in [-0.2, 0) is 0 Å². The number of aliphatic hydroxyl groups is 1. The molecule has 0 radical (unpaired) electrons. The van der Waals surface area contributed by atoms with Gasteiger partial charge in [-0.2, -0.15) is 0 Å². The van der Waals surface area contributed by atoms with Gasteiger partial charge in [-0.05, 0) is 47.4 Å². The zero-order chi connectivity index (χ0) is 13.8. The van der Waals surface area contributed by atoms with E-state index in [1.165, 1.54) is 0 Å². The van der Waals surface area contributed by atoms with Gasteiger partial charge in [0.1, 0.15) is 0 Å². The molecule has 3 heteroatoms. The third kappa shape index (κ3) is 3.60. The molecule has 0 spiro atoms. The summed E-state index contributed by atoms with van der Waals surface area (Å²) in [5.74, 6) is 0. The third-order valence-corrected chi connectivity index (χ3v) is 3.37. The SMILES string of the molecule is C/C(=C/CO)c1ccc(-c2cc(Cl)cc(Cl)c2)cc1. The first kappa shape index (κ1) is 14.1. The first-order valence-corrected chi connectivity index (χ1v) is 6.70. The second kappa shape index (κ2) is 6.25. The summed E-state index contributed by atoms with van der Waals surface area (Å²) in [6.07, 6.45) is 1.78. The second-order valence-corrected chi connectivity index (χ2v) is 5.18. The smallest absolute Gasteiger partial charge is 0.0618 e. The third-order valence-electron chi connectivity index (χ3n) is 2.93. The molecular weight excluding hydrogens is 279 g/mol. The molecule has 0 bridgehead atoms. The van der Waals surface area contributed by atoms with Crippen LogP contribution in [0.2, 0.25) is 10.0 Å². The molecule has 2 aromatic rings. The molecule has 0 unspecified atom stereocenters. The minimum Gasteiger partial charge on any atom is -0.392 e. The first-order chi connectivity index (χ1) is 9.10. The van der Waals surface area contributed by atoms with E-state index >= 15 is 0 Å². The Balaban J connectivity index is 2.35. The Bertz CT molecular complexity index is 580. The summed E-state index contributed by atoms with van der Waals surface area (Å²) in [6.45, 7) is 2.03. The quantitative estimate of drug-likeness (QED) is 0.839. The Hall–Kier alpha value is -1.28. The van der Waals surface area contributed by atoms with E-state index in [0.717, 1.165) is 22.3 Å². The number of hydrogen-bond acceptors (Lipinski definition) is 1. The van der Waals surface area contributed by atoms with Crippen LogP contribution in [-0.4, -0.2) is 11.7 Å². The summed E-state index contributed by atoms with van der Waals surface area (Å²) >= 11 is 12.0. The summed E-state index contributed by atoms with van der Waals surface area (Å²) in [5, 5.41) is 10.1. The Kier molecular flexibility index (Phi) is 4.65. The Morgan fingerprint density at radius 2 is 1.58 bits per heavy atom. The van der Waals surface area contributed by atoms with Crippen molar-refractivity contribution in [3.8, 4) is 11.1 Å². The van der Waals surface area contributed by atoms with Crippen LogP contribution in [0.4, 0.5) is 0 Å². The van der Waals surface area contributed by atoms with Gasteiger partial charge in [-0.1, -0.05) is 53.5 Å². The van der Waals surface area contributed by atoms with Crippen LogP contribution in [0.15, 0.2) is 48.5 Å². The van der Waals surface area contributed by atoms with E-state index in [1.54, 1.807) is 12.1 Å². The highest BCUT2D eigenvalue weighted by Crippen LogP contribution is 2.28. The standard InChI is InChI=1S/C16H14Cl2O/c1-11(6-7-19)12-2-4-13(5-3-12)14-8-15(17)10-16(18)9-14/h2-6,8-10,19H,7H2,1H3/b11-6-. The molecule has 0 amide bonds. The molecule has 0 aliphatic carbocycles. The number of rotatable bonds is 3. The zero-order valence-electron chi connectivity index (χ0n) is 10.5. The Morgan fingerprint density at radius 1 is 1.00 bits per heavy atom. The van der Waals surface area contributed by atoms with Crippen LogP contribution in [0.25, 0.3) is 16.7 Å². The molecule has 98 valence electrons. The Morgan fingerprint density at radius 3 is 2.11 bits per heavy atom. The molecule has 2 rings (SSSR count). The normalized spacial score (nSPS) is 11.7. The van der Waals surface area contributed by atoms with Crippen LogP contribution in [0.3, 0.4) is 0 Å². The highest BCUT2D eigenvalue weighted by atomic mass is 35.5. The van der Waals surface area contributed by atoms with E-state index in [9.17, 15) is 0 Å². The van der Waals surface area contributed by atoms with Crippen LogP contribution in [0.1, 0.15) is 12.5 Å². The fourth-order valence-electron chi connectivity index (χ4n) is 1.90. The minimum absolute atomic E-state index is 0.0531. The summed E-state index contributed by atoms with van der Waals surface area (Å²) in [7, 11) is 0. The van der Waals surface area contributed by atoms with Gasteiger partial charge in [0.05, 0.1) is 6.61 Å². The first-order valence-electron chi connectivity index (χ1n) is 5.94. The number of halogens is 2. The van der Waals surface area contributed by atoms with E-state index < -0.39 is 0 Å². The van der Waals surface area contributed by atoms with Crippen molar-refractivity contribution in [2.75, 3.05) is 6.61 Å². The van der Waals surface area contributed by atoms with Crippen LogP contribution >= 0.6 is 23.2 Å². The molecule has 0 aliphatic rings. The lowest BCUT2D eigenvalue weighted by molar-refractivity contribution is 0.343. The summed E-state index contributed by atoms with van der Waals surface area (Å²) < 4.78 is 0. The van der Waals surface area contributed by atoms with Gasteiger partial charge in [0.2, 0.25) is 0 Å². The number of hydrogen-bond donors (Lipinski definition) is 1. The molecule has 1 nitrogen and oxygen atoms in total. The molecule has 0 fully saturated rings.